The van der Waals surface area contributed by atoms with Gasteiger partial charge in [-0.05, 0) is 18.2 Å². The standard InChI is InChI=1S/C16H15N3O3/c20-16(15-11-4-1-2-5-12(11)17-18-15)19-7-9-22-14(10-19)13-6-3-8-21-13/h1-6,8,14H,7,9-10H2,(H,17,18). The molecule has 4 rings (SSSR count). The Morgan fingerprint density at radius 2 is 2.18 bits per heavy atom. The van der Waals surface area contributed by atoms with Crippen LogP contribution in [0.3, 0.4) is 0 Å². The van der Waals surface area contributed by atoms with Crippen LogP contribution in [-0.2, 0) is 4.74 Å². The Bertz CT molecular complexity index is 794. The Morgan fingerprint density at radius 1 is 1.27 bits per heavy atom. The first-order chi connectivity index (χ1) is 10.8. The lowest BCUT2D eigenvalue weighted by atomic mass is 10.1. The van der Waals surface area contributed by atoms with Crippen molar-refractivity contribution in [2.24, 2.45) is 0 Å². The quantitative estimate of drug-likeness (QED) is 0.788. The minimum Gasteiger partial charge on any atom is -0.467 e. The van der Waals surface area contributed by atoms with E-state index >= 15 is 0 Å². The van der Waals surface area contributed by atoms with Gasteiger partial charge in [-0.3, -0.25) is 9.89 Å². The second-order valence-electron chi connectivity index (χ2n) is 5.24. The summed E-state index contributed by atoms with van der Waals surface area (Å²) >= 11 is 0. The number of nitrogens with zero attached hydrogens (tertiary/aromatic N) is 2. The van der Waals surface area contributed by atoms with E-state index < -0.39 is 0 Å². The molecule has 3 heterocycles. The molecule has 0 spiro atoms. The Morgan fingerprint density at radius 3 is 3.05 bits per heavy atom. The maximum absolute atomic E-state index is 12.7. The predicted molar refractivity (Wildman–Crippen MR) is 79.4 cm³/mol. The van der Waals surface area contributed by atoms with Crippen LogP contribution in [-0.4, -0.2) is 40.7 Å². The Balaban J connectivity index is 1.60. The topological polar surface area (TPSA) is 71.4 Å². The van der Waals surface area contributed by atoms with Crippen LogP contribution in [0.2, 0.25) is 0 Å². The van der Waals surface area contributed by atoms with Crippen LogP contribution in [0.15, 0.2) is 47.1 Å². The van der Waals surface area contributed by atoms with Crippen molar-refractivity contribution in [2.75, 3.05) is 19.7 Å². The van der Waals surface area contributed by atoms with E-state index in [4.69, 9.17) is 9.15 Å². The van der Waals surface area contributed by atoms with E-state index in [-0.39, 0.29) is 12.0 Å². The van der Waals surface area contributed by atoms with Crippen molar-refractivity contribution in [3.63, 3.8) is 0 Å². The van der Waals surface area contributed by atoms with Crippen LogP contribution in [0.4, 0.5) is 0 Å². The third kappa shape index (κ3) is 2.17. The van der Waals surface area contributed by atoms with Crippen LogP contribution in [0, 0.1) is 0 Å². The number of morpholine rings is 1. The van der Waals surface area contributed by atoms with Gasteiger partial charge in [0, 0.05) is 11.9 Å². The molecule has 6 heteroatoms. The SMILES string of the molecule is O=C(c1n[nH]c2ccccc12)N1CCOC(c2ccco2)C1. The van der Waals surface area contributed by atoms with Gasteiger partial charge in [-0.2, -0.15) is 5.10 Å². The number of nitrogens with one attached hydrogen (secondary N) is 1. The first kappa shape index (κ1) is 13.1. The molecular weight excluding hydrogens is 282 g/mol. The number of aromatic nitrogens is 2. The average molecular weight is 297 g/mol. The average Bonchev–Trinajstić information content (AvgIpc) is 3.24. The second-order valence-corrected chi connectivity index (χ2v) is 5.24. The molecule has 1 aliphatic rings. The van der Waals surface area contributed by atoms with Crippen molar-refractivity contribution in [1.82, 2.24) is 15.1 Å². The third-order valence-corrected chi connectivity index (χ3v) is 3.89. The van der Waals surface area contributed by atoms with E-state index in [1.807, 2.05) is 36.4 Å². The smallest absolute Gasteiger partial charge is 0.275 e. The van der Waals surface area contributed by atoms with E-state index in [1.165, 1.54) is 0 Å². The molecule has 3 aromatic rings. The molecule has 1 fully saturated rings. The van der Waals surface area contributed by atoms with Gasteiger partial charge in [0.05, 0.1) is 24.9 Å². The highest BCUT2D eigenvalue weighted by atomic mass is 16.5. The van der Waals surface area contributed by atoms with Gasteiger partial charge < -0.3 is 14.1 Å². The number of amides is 1. The zero-order chi connectivity index (χ0) is 14.9. The van der Waals surface area contributed by atoms with Gasteiger partial charge in [0.2, 0.25) is 0 Å². The Labute approximate surface area is 126 Å². The molecule has 0 aliphatic carbocycles. The molecule has 1 unspecified atom stereocenters. The normalized spacial score (nSPS) is 18.7. The van der Waals surface area contributed by atoms with Crippen LogP contribution >= 0.6 is 0 Å². The number of ether oxygens (including phenoxy) is 1. The monoisotopic (exact) mass is 297 g/mol. The van der Waals surface area contributed by atoms with Crippen LogP contribution in [0.5, 0.6) is 0 Å². The van der Waals surface area contributed by atoms with Crippen molar-refractivity contribution in [2.45, 2.75) is 6.10 Å². The number of hydrogen-bond acceptors (Lipinski definition) is 4. The van der Waals surface area contributed by atoms with E-state index in [1.54, 1.807) is 11.2 Å². The highest BCUT2D eigenvalue weighted by molar-refractivity contribution is 6.04. The molecule has 1 aliphatic heterocycles. The van der Waals surface area contributed by atoms with Crippen molar-refractivity contribution >= 4 is 16.8 Å². The molecule has 2 aromatic heterocycles. The third-order valence-electron chi connectivity index (χ3n) is 3.89. The van der Waals surface area contributed by atoms with Crippen LogP contribution in [0.1, 0.15) is 22.4 Å². The molecule has 1 amide bonds. The van der Waals surface area contributed by atoms with Gasteiger partial charge in [0.15, 0.2) is 5.69 Å². The lowest BCUT2D eigenvalue weighted by Gasteiger charge is -2.31. The van der Waals surface area contributed by atoms with Crippen LogP contribution in [0.25, 0.3) is 10.9 Å². The Kier molecular flexibility index (Phi) is 3.16. The number of benzene rings is 1. The summed E-state index contributed by atoms with van der Waals surface area (Å²) in [6.45, 7) is 1.50. The lowest BCUT2D eigenvalue weighted by molar-refractivity contribution is -0.0322. The maximum Gasteiger partial charge on any atom is 0.275 e. The predicted octanol–water partition coefficient (Wildman–Crippen LogP) is 2.37. The number of aromatic amines is 1. The molecule has 22 heavy (non-hydrogen) atoms. The van der Waals surface area contributed by atoms with E-state index in [9.17, 15) is 4.79 Å². The van der Waals surface area contributed by atoms with Crippen LogP contribution < -0.4 is 0 Å². The van der Waals surface area contributed by atoms with Crippen molar-refractivity contribution in [3.05, 3.63) is 54.1 Å². The van der Waals surface area contributed by atoms with Gasteiger partial charge in [0.25, 0.3) is 5.91 Å². The first-order valence-electron chi connectivity index (χ1n) is 7.20. The second kappa shape index (κ2) is 5.31. The van der Waals surface area contributed by atoms with E-state index in [2.05, 4.69) is 10.2 Å². The number of rotatable bonds is 2. The van der Waals surface area contributed by atoms with E-state index in [0.29, 0.717) is 25.4 Å². The summed E-state index contributed by atoms with van der Waals surface area (Å²) in [7, 11) is 0. The fraction of sp³-hybridized carbons (Fsp3) is 0.250. The molecule has 0 bridgehead atoms. The molecule has 1 N–H and O–H groups in total. The summed E-state index contributed by atoms with van der Waals surface area (Å²) in [5, 5.41) is 7.92. The summed E-state index contributed by atoms with van der Waals surface area (Å²) in [4.78, 5) is 14.5. The fourth-order valence-corrected chi connectivity index (χ4v) is 2.76. The zero-order valence-electron chi connectivity index (χ0n) is 11.9. The van der Waals surface area contributed by atoms with Gasteiger partial charge in [-0.15, -0.1) is 0 Å². The number of furan rings is 1. The van der Waals surface area contributed by atoms with Crippen molar-refractivity contribution < 1.29 is 13.9 Å². The number of hydrogen-bond donors (Lipinski definition) is 1. The highest BCUT2D eigenvalue weighted by Gasteiger charge is 2.29. The number of fused-ring (bicyclic) bond motifs is 1. The number of H-pyrrole nitrogens is 1. The molecule has 0 radical (unpaired) electrons. The number of carbonyl (C=O) groups excluding carboxylic acids is 1. The zero-order valence-corrected chi connectivity index (χ0v) is 11.9. The fourth-order valence-electron chi connectivity index (χ4n) is 2.76. The summed E-state index contributed by atoms with van der Waals surface area (Å²) in [5.74, 6) is 0.654. The summed E-state index contributed by atoms with van der Waals surface area (Å²) < 4.78 is 11.1. The molecule has 112 valence electrons. The molecular formula is C16H15N3O3. The minimum atomic E-state index is -0.224. The van der Waals surface area contributed by atoms with Gasteiger partial charge in [0.1, 0.15) is 11.9 Å². The molecule has 6 nitrogen and oxygen atoms in total. The minimum absolute atomic E-state index is 0.0858. The molecule has 1 atom stereocenters. The summed E-state index contributed by atoms with van der Waals surface area (Å²) in [6, 6.07) is 11.3. The van der Waals surface area contributed by atoms with Gasteiger partial charge in [-0.25, -0.2) is 0 Å². The van der Waals surface area contributed by atoms with E-state index in [0.717, 1.165) is 16.7 Å². The summed E-state index contributed by atoms with van der Waals surface area (Å²) in [5.41, 5.74) is 1.32. The van der Waals surface area contributed by atoms with Gasteiger partial charge in [-0.1, -0.05) is 18.2 Å². The summed E-state index contributed by atoms with van der Waals surface area (Å²) in [6.07, 6.45) is 1.39. The van der Waals surface area contributed by atoms with Crippen molar-refractivity contribution in [3.8, 4) is 0 Å². The molecule has 1 saturated heterocycles. The maximum atomic E-state index is 12.7. The first-order valence-corrected chi connectivity index (χ1v) is 7.20. The number of para-hydroxylation sites is 1. The lowest BCUT2D eigenvalue weighted by Crippen LogP contribution is -2.42. The molecule has 0 saturated carbocycles. The Hall–Kier alpha value is -2.60. The van der Waals surface area contributed by atoms with Crippen molar-refractivity contribution in [1.29, 1.82) is 0 Å². The van der Waals surface area contributed by atoms with Gasteiger partial charge >= 0.3 is 0 Å². The number of carbonyl (C=O) groups is 1. The highest BCUT2D eigenvalue weighted by Crippen LogP contribution is 2.24. The largest absolute Gasteiger partial charge is 0.467 e. The molecule has 1 aromatic carbocycles.